The average Bonchev–Trinajstić information content (AvgIpc) is 2.69. The summed E-state index contributed by atoms with van der Waals surface area (Å²) in [6.45, 7) is -1.01. The molecule has 0 bridgehead atoms. The van der Waals surface area contributed by atoms with Crippen LogP contribution in [0, 0.1) is 5.82 Å². The molecule has 162 valence electrons. The highest BCUT2D eigenvalue weighted by atomic mass is 35.5. The highest BCUT2D eigenvalue weighted by Crippen LogP contribution is 2.29. The Morgan fingerprint density at radius 3 is 2.43 bits per heavy atom. The highest BCUT2D eigenvalue weighted by Gasteiger charge is 2.20. The van der Waals surface area contributed by atoms with Crippen LogP contribution in [0.25, 0.3) is 0 Å². The molecular weight excluding hydrogens is 423 g/mol. The zero-order valence-electron chi connectivity index (χ0n) is 16.1. The monoisotopic (exact) mass is 443 g/mol. The number of hydrogen-bond donors (Lipinski definition) is 3. The van der Waals surface area contributed by atoms with Gasteiger partial charge in [0.2, 0.25) is 5.91 Å². The van der Waals surface area contributed by atoms with E-state index in [2.05, 4.69) is 20.7 Å². The van der Waals surface area contributed by atoms with Gasteiger partial charge in [-0.2, -0.15) is 8.78 Å². The number of carbonyl (C=O) groups excluding carboxylic acids is 2. The van der Waals surface area contributed by atoms with Crippen molar-refractivity contribution in [2.75, 3.05) is 5.32 Å². The fraction of sp³-hybridized carbons (Fsp3) is 0.300. The molecule has 3 N–H and O–H groups in total. The highest BCUT2D eigenvalue weighted by molar-refractivity contribution is 6.32. The van der Waals surface area contributed by atoms with Gasteiger partial charge in [0, 0.05) is 12.2 Å². The first kappa shape index (κ1) is 23.3. The first-order chi connectivity index (χ1) is 14.3. The summed E-state index contributed by atoms with van der Waals surface area (Å²) in [5, 5.41) is 7.67. The Hall–Kier alpha value is -2.94. The molecule has 10 heteroatoms. The van der Waals surface area contributed by atoms with Gasteiger partial charge in [-0.3, -0.25) is 4.79 Å². The van der Waals surface area contributed by atoms with Crippen molar-refractivity contribution in [3.8, 4) is 5.75 Å². The van der Waals surface area contributed by atoms with Gasteiger partial charge in [0.25, 0.3) is 0 Å². The standard InChI is InChI=1S/C20H21ClF3N3O3/c1-2-3-16(27-20(29)25-11-12-4-6-13(22)7-5-12)18(28)26-14-8-9-17(15(21)10-14)30-19(23)24/h4-10,16,19H,2-3,11H2,1H3,(H,26,28)(H2,25,27,29). The number of alkyl halides is 2. The summed E-state index contributed by atoms with van der Waals surface area (Å²) >= 11 is 5.88. The van der Waals surface area contributed by atoms with Crippen LogP contribution in [-0.4, -0.2) is 24.6 Å². The number of carbonyl (C=O) groups is 2. The van der Waals surface area contributed by atoms with Crippen LogP contribution < -0.4 is 20.7 Å². The third kappa shape index (κ3) is 7.47. The van der Waals surface area contributed by atoms with Gasteiger partial charge < -0.3 is 20.7 Å². The summed E-state index contributed by atoms with van der Waals surface area (Å²) < 4.78 is 41.8. The molecule has 0 radical (unpaired) electrons. The molecule has 0 aromatic heterocycles. The zero-order valence-corrected chi connectivity index (χ0v) is 16.8. The number of urea groups is 1. The van der Waals surface area contributed by atoms with E-state index in [9.17, 15) is 22.8 Å². The van der Waals surface area contributed by atoms with E-state index < -0.39 is 24.6 Å². The van der Waals surface area contributed by atoms with E-state index in [1.807, 2.05) is 6.92 Å². The minimum absolute atomic E-state index is 0.0925. The van der Waals surface area contributed by atoms with E-state index in [1.165, 1.54) is 42.5 Å². The molecular formula is C20H21ClF3N3O3. The van der Waals surface area contributed by atoms with Gasteiger partial charge >= 0.3 is 12.6 Å². The molecule has 1 unspecified atom stereocenters. The summed E-state index contributed by atoms with van der Waals surface area (Å²) in [5.41, 5.74) is 0.963. The van der Waals surface area contributed by atoms with Crippen LogP contribution in [0.2, 0.25) is 5.02 Å². The molecule has 0 aliphatic carbocycles. The lowest BCUT2D eigenvalue weighted by molar-refractivity contribution is -0.118. The second-order valence-electron chi connectivity index (χ2n) is 6.31. The topological polar surface area (TPSA) is 79.5 Å². The average molecular weight is 444 g/mol. The molecule has 6 nitrogen and oxygen atoms in total. The molecule has 0 fully saturated rings. The predicted octanol–water partition coefficient (Wildman–Crippen LogP) is 4.69. The summed E-state index contributed by atoms with van der Waals surface area (Å²) in [6.07, 6.45) is 0.994. The summed E-state index contributed by atoms with van der Waals surface area (Å²) in [7, 11) is 0. The Morgan fingerprint density at radius 1 is 1.13 bits per heavy atom. The van der Waals surface area contributed by atoms with E-state index in [4.69, 9.17) is 11.6 Å². The number of nitrogens with one attached hydrogen (secondary N) is 3. The lowest BCUT2D eigenvalue weighted by Gasteiger charge is -2.19. The van der Waals surface area contributed by atoms with Crippen LogP contribution >= 0.6 is 11.6 Å². The van der Waals surface area contributed by atoms with Gasteiger partial charge in [-0.25, -0.2) is 9.18 Å². The third-order valence-electron chi connectivity index (χ3n) is 3.98. The Kier molecular flexibility index (Phi) is 8.79. The summed E-state index contributed by atoms with van der Waals surface area (Å²) in [5.74, 6) is -1.09. The number of amides is 3. The Labute approximate surface area is 176 Å². The molecule has 2 aromatic rings. The largest absolute Gasteiger partial charge is 0.433 e. The van der Waals surface area contributed by atoms with E-state index >= 15 is 0 Å². The van der Waals surface area contributed by atoms with Gasteiger partial charge in [-0.1, -0.05) is 37.1 Å². The number of hydrogen-bond acceptors (Lipinski definition) is 3. The van der Waals surface area contributed by atoms with Crippen molar-refractivity contribution in [3.05, 3.63) is 58.9 Å². The van der Waals surface area contributed by atoms with Crippen molar-refractivity contribution in [3.63, 3.8) is 0 Å². The minimum Gasteiger partial charge on any atom is -0.433 e. The molecule has 0 aliphatic heterocycles. The molecule has 0 saturated heterocycles. The van der Waals surface area contributed by atoms with Crippen molar-refractivity contribution in [1.29, 1.82) is 0 Å². The number of rotatable bonds is 9. The third-order valence-corrected chi connectivity index (χ3v) is 4.28. The smallest absolute Gasteiger partial charge is 0.387 e. The molecule has 3 amide bonds. The van der Waals surface area contributed by atoms with Crippen molar-refractivity contribution in [2.24, 2.45) is 0 Å². The van der Waals surface area contributed by atoms with Crippen molar-refractivity contribution in [1.82, 2.24) is 10.6 Å². The number of anilines is 1. The van der Waals surface area contributed by atoms with Crippen LogP contribution in [0.5, 0.6) is 5.75 Å². The van der Waals surface area contributed by atoms with E-state index in [-0.39, 0.29) is 28.8 Å². The fourth-order valence-electron chi connectivity index (χ4n) is 2.55. The van der Waals surface area contributed by atoms with Crippen molar-refractivity contribution < 1.29 is 27.5 Å². The maximum absolute atomic E-state index is 12.9. The molecule has 0 spiro atoms. The van der Waals surface area contributed by atoms with Gasteiger partial charge in [0.05, 0.1) is 5.02 Å². The van der Waals surface area contributed by atoms with E-state index in [0.29, 0.717) is 18.4 Å². The molecule has 1 atom stereocenters. The van der Waals surface area contributed by atoms with Gasteiger partial charge in [-0.15, -0.1) is 0 Å². The van der Waals surface area contributed by atoms with Gasteiger partial charge in [0.15, 0.2) is 0 Å². The van der Waals surface area contributed by atoms with Gasteiger partial charge in [0.1, 0.15) is 17.6 Å². The molecule has 0 aliphatic rings. The molecule has 0 heterocycles. The van der Waals surface area contributed by atoms with E-state index in [1.54, 1.807) is 0 Å². The molecule has 2 aromatic carbocycles. The van der Waals surface area contributed by atoms with Crippen LogP contribution in [0.3, 0.4) is 0 Å². The zero-order chi connectivity index (χ0) is 22.1. The Balaban J connectivity index is 1.94. The van der Waals surface area contributed by atoms with E-state index in [0.717, 1.165) is 0 Å². The fourth-order valence-corrected chi connectivity index (χ4v) is 2.78. The lowest BCUT2D eigenvalue weighted by Crippen LogP contribution is -2.47. The second kappa shape index (κ2) is 11.3. The number of halogens is 4. The number of benzene rings is 2. The number of ether oxygens (including phenoxy) is 1. The van der Waals surface area contributed by atoms with Crippen molar-refractivity contribution >= 4 is 29.2 Å². The normalized spacial score (nSPS) is 11.7. The van der Waals surface area contributed by atoms with Crippen LogP contribution in [-0.2, 0) is 11.3 Å². The Morgan fingerprint density at radius 2 is 1.83 bits per heavy atom. The minimum atomic E-state index is -3.02. The summed E-state index contributed by atoms with van der Waals surface area (Å²) in [6, 6.07) is 8.09. The molecule has 30 heavy (non-hydrogen) atoms. The van der Waals surface area contributed by atoms with Crippen molar-refractivity contribution in [2.45, 2.75) is 39.0 Å². The second-order valence-corrected chi connectivity index (χ2v) is 6.71. The van der Waals surface area contributed by atoms with Crippen LogP contribution in [0.15, 0.2) is 42.5 Å². The Bertz CT molecular complexity index is 866. The van der Waals surface area contributed by atoms with Gasteiger partial charge in [-0.05, 0) is 42.3 Å². The predicted molar refractivity (Wildman–Crippen MR) is 107 cm³/mol. The maximum atomic E-state index is 12.9. The quantitative estimate of drug-likeness (QED) is 0.526. The SMILES string of the molecule is CCCC(NC(=O)NCc1ccc(F)cc1)C(=O)Nc1ccc(OC(F)F)c(Cl)c1. The molecule has 0 saturated carbocycles. The maximum Gasteiger partial charge on any atom is 0.387 e. The summed E-state index contributed by atoms with van der Waals surface area (Å²) in [4.78, 5) is 24.7. The van der Waals surface area contributed by atoms with Crippen LogP contribution in [0.4, 0.5) is 23.7 Å². The first-order valence-corrected chi connectivity index (χ1v) is 9.50. The first-order valence-electron chi connectivity index (χ1n) is 9.12. The lowest BCUT2D eigenvalue weighted by atomic mass is 10.1. The molecule has 2 rings (SSSR count). The van der Waals surface area contributed by atoms with Crippen LogP contribution in [0.1, 0.15) is 25.3 Å².